The summed E-state index contributed by atoms with van der Waals surface area (Å²) < 4.78 is 0. The zero-order valence-electron chi connectivity index (χ0n) is 14.6. The van der Waals surface area contributed by atoms with E-state index in [0.29, 0.717) is 18.1 Å². The van der Waals surface area contributed by atoms with E-state index >= 15 is 0 Å². The molecule has 0 bridgehead atoms. The summed E-state index contributed by atoms with van der Waals surface area (Å²) in [5.41, 5.74) is 2.12. The highest BCUT2D eigenvalue weighted by molar-refractivity contribution is 5.93. The predicted octanol–water partition coefficient (Wildman–Crippen LogP) is 4.57. The third kappa shape index (κ3) is 3.95. The molecule has 1 aliphatic rings. The van der Waals surface area contributed by atoms with Crippen molar-refractivity contribution in [1.82, 2.24) is 0 Å². The fourth-order valence-corrected chi connectivity index (χ4v) is 3.76. The number of carbonyl (C=O) groups excluding carboxylic acids is 1. The van der Waals surface area contributed by atoms with Crippen molar-refractivity contribution >= 4 is 11.6 Å². The zero-order chi connectivity index (χ0) is 17.8. The first-order valence-electron chi connectivity index (χ1n) is 8.98. The van der Waals surface area contributed by atoms with Crippen LogP contribution in [0, 0.1) is 0 Å². The summed E-state index contributed by atoms with van der Waals surface area (Å²) in [5.74, 6) is 1.11. The average molecular weight is 339 g/mol. The Labute approximate surface area is 148 Å². The van der Waals surface area contributed by atoms with E-state index in [-0.39, 0.29) is 17.7 Å². The van der Waals surface area contributed by atoms with E-state index in [4.69, 9.17) is 0 Å². The maximum atomic E-state index is 12.5. The fourth-order valence-electron chi connectivity index (χ4n) is 3.76. The standard InChI is InChI=1S/C21H25NO3/c1-2-21(25)22(18-9-13-20(24)14-10-18)17-7-3-15(4-8-17)16-5-11-19(23)12-6-16/h5-6,9-15,17,23-24H,2-4,7-8H2,1H3. The first-order valence-corrected chi connectivity index (χ1v) is 8.98. The van der Waals surface area contributed by atoms with Gasteiger partial charge >= 0.3 is 0 Å². The van der Waals surface area contributed by atoms with E-state index in [9.17, 15) is 15.0 Å². The Bertz CT molecular complexity index is 701. The quantitative estimate of drug-likeness (QED) is 0.858. The zero-order valence-corrected chi connectivity index (χ0v) is 14.6. The van der Waals surface area contributed by atoms with E-state index in [1.54, 1.807) is 24.3 Å². The molecule has 0 unspecified atom stereocenters. The highest BCUT2D eigenvalue weighted by Gasteiger charge is 2.29. The number of hydrogen-bond donors (Lipinski definition) is 2. The normalized spacial score (nSPS) is 20.2. The van der Waals surface area contributed by atoms with Crippen molar-refractivity contribution in [3.8, 4) is 11.5 Å². The summed E-state index contributed by atoms with van der Waals surface area (Å²) in [6, 6.07) is 14.6. The summed E-state index contributed by atoms with van der Waals surface area (Å²) in [6.07, 6.45) is 4.44. The molecule has 0 radical (unpaired) electrons. The number of carbonyl (C=O) groups is 1. The molecule has 1 saturated carbocycles. The number of phenols is 2. The van der Waals surface area contributed by atoms with E-state index in [1.807, 2.05) is 36.1 Å². The molecule has 2 aromatic rings. The Kier molecular flexibility index (Phi) is 5.27. The molecule has 0 spiro atoms. The highest BCUT2D eigenvalue weighted by atomic mass is 16.3. The molecule has 3 rings (SSSR count). The summed E-state index contributed by atoms with van der Waals surface area (Å²) in [7, 11) is 0. The van der Waals surface area contributed by atoms with Gasteiger partial charge in [-0.25, -0.2) is 0 Å². The van der Waals surface area contributed by atoms with Gasteiger partial charge in [0.2, 0.25) is 5.91 Å². The second-order valence-corrected chi connectivity index (χ2v) is 6.73. The van der Waals surface area contributed by atoms with Crippen molar-refractivity contribution in [3.05, 3.63) is 54.1 Å². The van der Waals surface area contributed by atoms with E-state index < -0.39 is 0 Å². The van der Waals surface area contributed by atoms with Gasteiger partial charge in [-0.15, -0.1) is 0 Å². The molecule has 2 N–H and O–H groups in total. The second kappa shape index (κ2) is 7.60. The summed E-state index contributed by atoms with van der Waals surface area (Å²) in [4.78, 5) is 14.4. The fraction of sp³-hybridized carbons (Fsp3) is 0.381. The number of hydrogen-bond acceptors (Lipinski definition) is 3. The summed E-state index contributed by atoms with van der Waals surface area (Å²) in [5, 5.41) is 18.9. The van der Waals surface area contributed by atoms with E-state index in [0.717, 1.165) is 31.4 Å². The van der Waals surface area contributed by atoms with Gasteiger partial charge in [0, 0.05) is 18.2 Å². The molecule has 0 atom stereocenters. The van der Waals surface area contributed by atoms with Crippen molar-refractivity contribution in [3.63, 3.8) is 0 Å². The first kappa shape index (κ1) is 17.3. The lowest BCUT2D eigenvalue weighted by molar-refractivity contribution is -0.118. The van der Waals surface area contributed by atoms with Crippen molar-refractivity contribution in [2.45, 2.75) is 51.0 Å². The SMILES string of the molecule is CCC(=O)N(c1ccc(O)cc1)C1CCC(c2ccc(O)cc2)CC1. The number of benzene rings is 2. The summed E-state index contributed by atoms with van der Waals surface area (Å²) >= 11 is 0. The van der Waals surface area contributed by atoms with Gasteiger partial charge in [0.15, 0.2) is 0 Å². The molecule has 2 aromatic carbocycles. The minimum Gasteiger partial charge on any atom is -0.508 e. The Hall–Kier alpha value is -2.49. The molecule has 4 nitrogen and oxygen atoms in total. The van der Waals surface area contributed by atoms with Crippen LogP contribution in [0.3, 0.4) is 0 Å². The van der Waals surface area contributed by atoms with Gasteiger partial charge in [0.1, 0.15) is 11.5 Å². The molecule has 0 aliphatic heterocycles. The van der Waals surface area contributed by atoms with Crippen LogP contribution in [0.25, 0.3) is 0 Å². The third-order valence-electron chi connectivity index (χ3n) is 5.13. The minimum atomic E-state index is 0.124. The Morgan fingerprint density at radius 2 is 1.44 bits per heavy atom. The minimum absolute atomic E-state index is 0.124. The van der Waals surface area contributed by atoms with Gasteiger partial charge in [-0.1, -0.05) is 19.1 Å². The number of phenolic OH excluding ortho intramolecular Hbond substituents is 2. The number of amides is 1. The van der Waals surface area contributed by atoms with Gasteiger partial charge in [-0.2, -0.15) is 0 Å². The molecule has 1 aliphatic carbocycles. The van der Waals surface area contributed by atoms with E-state index in [1.165, 1.54) is 5.56 Å². The predicted molar refractivity (Wildman–Crippen MR) is 99.0 cm³/mol. The number of aromatic hydroxyl groups is 2. The smallest absolute Gasteiger partial charge is 0.226 e. The van der Waals surface area contributed by atoms with Crippen LogP contribution < -0.4 is 4.90 Å². The molecule has 0 aromatic heterocycles. The average Bonchev–Trinajstić information content (AvgIpc) is 2.64. The molecule has 132 valence electrons. The molecular weight excluding hydrogens is 314 g/mol. The maximum Gasteiger partial charge on any atom is 0.226 e. The van der Waals surface area contributed by atoms with Crippen LogP contribution >= 0.6 is 0 Å². The molecule has 0 heterocycles. The van der Waals surface area contributed by atoms with Gasteiger partial charge < -0.3 is 15.1 Å². The molecule has 1 fully saturated rings. The van der Waals surface area contributed by atoms with Crippen molar-refractivity contribution in [2.24, 2.45) is 0 Å². The van der Waals surface area contributed by atoms with Crippen LogP contribution in [0.1, 0.15) is 50.5 Å². The third-order valence-corrected chi connectivity index (χ3v) is 5.13. The Morgan fingerprint density at radius 1 is 0.920 bits per heavy atom. The first-order chi connectivity index (χ1) is 12.1. The lowest BCUT2D eigenvalue weighted by Crippen LogP contribution is -2.42. The van der Waals surface area contributed by atoms with Crippen molar-refractivity contribution < 1.29 is 15.0 Å². The molecular formula is C21H25NO3. The lowest BCUT2D eigenvalue weighted by Gasteiger charge is -2.37. The number of nitrogens with zero attached hydrogens (tertiary/aromatic N) is 1. The Morgan fingerprint density at radius 3 is 1.96 bits per heavy atom. The second-order valence-electron chi connectivity index (χ2n) is 6.73. The molecule has 0 saturated heterocycles. The van der Waals surface area contributed by atoms with Gasteiger partial charge in [0.25, 0.3) is 0 Å². The van der Waals surface area contributed by atoms with Crippen LogP contribution in [0.5, 0.6) is 11.5 Å². The maximum absolute atomic E-state index is 12.5. The van der Waals surface area contributed by atoms with Crippen LogP contribution in [0.4, 0.5) is 5.69 Å². The van der Waals surface area contributed by atoms with Gasteiger partial charge in [-0.3, -0.25) is 4.79 Å². The molecule has 25 heavy (non-hydrogen) atoms. The number of anilines is 1. The van der Waals surface area contributed by atoms with Gasteiger partial charge in [-0.05, 0) is 73.6 Å². The van der Waals surface area contributed by atoms with Gasteiger partial charge in [0.05, 0.1) is 0 Å². The Balaban J connectivity index is 1.72. The largest absolute Gasteiger partial charge is 0.508 e. The van der Waals surface area contributed by atoms with E-state index in [2.05, 4.69) is 0 Å². The monoisotopic (exact) mass is 339 g/mol. The van der Waals surface area contributed by atoms with Crippen LogP contribution in [-0.4, -0.2) is 22.2 Å². The lowest BCUT2D eigenvalue weighted by atomic mass is 9.81. The highest BCUT2D eigenvalue weighted by Crippen LogP contribution is 2.37. The molecule has 4 heteroatoms. The topological polar surface area (TPSA) is 60.8 Å². The van der Waals surface area contributed by atoms with Crippen LogP contribution in [-0.2, 0) is 4.79 Å². The number of rotatable bonds is 4. The summed E-state index contributed by atoms with van der Waals surface area (Å²) in [6.45, 7) is 1.89. The van der Waals surface area contributed by atoms with Crippen LogP contribution in [0.15, 0.2) is 48.5 Å². The van der Waals surface area contributed by atoms with Crippen molar-refractivity contribution in [1.29, 1.82) is 0 Å². The van der Waals surface area contributed by atoms with Crippen LogP contribution in [0.2, 0.25) is 0 Å². The van der Waals surface area contributed by atoms with Crippen molar-refractivity contribution in [2.75, 3.05) is 4.90 Å². The molecule has 1 amide bonds.